The summed E-state index contributed by atoms with van der Waals surface area (Å²) in [4.78, 5) is 0. The first-order chi connectivity index (χ1) is 4.34. The summed E-state index contributed by atoms with van der Waals surface area (Å²) in [6.07, 6.45) is 2.04. The van der Waals surface area contributed by atoms with E-state index in [1.165, 1.54) is 0 Å². The van der Waals surface area contributed by atoms with Gasteiger partial charge in [0.25, 0.3) is 0 Å². The smallest absolute Gasteiger partial charge is 0.112 e. The molecule has 2 nitrogen and oxygen atoms in total. The first kappa shape index (κ1) is 7.38. The fourth-order valence-electron chi connectivity index (χ4n) is 1.22. The lowest BCUT2D eigenvalue weighted by atomic mass is 10.1. The Bertz CT molecular complexity index is 89.1. The normalized spacial score (nSPS) is 35.3. The third-order valence-electron chi connectivity index (χ3n) is 1.80. The van der Waals surface area contributed by atoms with Crippen molar-refractivity contribution >= 4 is 11.8 Å². The van der Waals surface area contributed by atoms with Crippen LogP contribution in [0.4, 0.5) is 0 Å². The molecular weight excluding hydrogens is 134 g/mol. The van der Waals surface area contributed by atoms with Crippen molar-refractivity contribution in [2.24, 2.45) is 5.92 Å². The highest BCUT2D eigenvalue weighted by Crippen LogP contribution is 2.09. The number of nitrogens with two attached hydrogens (primary N) is 1. The molecule has 1 aliphatic heterocycles. The van der Waals surface area contributed by atoms with Crippen molar-refractivity contribution in [2.75, 3.05) is 25.1 Å². The number of thioether (sulfide) groups is 1. The Balaban J connectivity index is 2.22. The summed E-state index contributed by atoms with van der Waals surface area (Å²) in [6.45, 7) is 2.02. The largest absolute Gasteiger partial charge is 0.387 e. The van der Waals surface area contributed by atoms with Gasteiger partial charge in [-0.1, -0.05) is 0 Å². The molecule has 0 aliphatic carbocycles. The van der Waals surface area contributed by atoms with Crippen molar-refractivity contribution in [1.29, 1.82) is 0 Å². The van der Waals surface area contributed by atoms with Crippen LogP contribution in [0, 0.1) is 5.92 Å². The summed E-state index contributed by atoms with van der Waals surface area (Å²) in [5.41, 5.74) is 0. The summed E-state index contributed by atoms with van der Waals surface area (Å²) in [7, 11) is 0. The van der Waals surface area contributed by atoms with Crippen molar-refractivity contribution in [3.63, 3.8) is 0 Å². The van der Waals surface area contributed by atoms with E-state index in [1.807, 2.05) is 11.8 Å². The predicted octanol–water partition coefficient (Wildman–Crippen LogP) is -1.10. The van der Waals surface area contributed by atoms with Crippen LogP contribution in [0.25, 0.3) is 0 Å². The van der Waals surface area contributed by atoms with Gasteiger partial charge < -0.3 is 10.4 Å². The molecular formula is C6H14NOS+. The van der Waals surface area contributed by atoms with Crippen molar-refractivity contribution < 1.29 is 10.4 Å². The first-order valence-corrected chi connectivity index (χ1v) is 4.72. The zero-order valence-corrected chi connectivity index (χ0v) is 6.53. The van der Waals surface area contributed by atoms with Gasteiger partial charge in [0.05, 0.1) is 6.54 Å². The third-order valence-corrected chi connectivity index (χ3v) is 2.56. The number of quaternary nitrogens is 1. The number of aliphatic hydroxyl groups is 1. The van der Waals surface area contributed by atoms with Gasteiger partial charge in [-0.3, -0.25) is 0 Å². The molecule has 0 radical (unpaired) electrons. The van der Waals surface area contributed by atoms with Gasteiger partial charge in [-0.2, -0.15) is 11.8 Å². The molecule has 0 spiro atoms. The topological polar surface area (TPSA) is 36.8 Å². The summed E-state index contributed by atoms with van der Waals surface area (Å²) < 4.78 is 0. The molecule has 1 unspecified atom stereocenters. The Hall–Kier alpha value is 0.270. The minimum Gasteiger partial charge on any atom is -0.387 e. The highest BCUT2D eigenvalue weighted by atomic mass is 32.2. The fourth-order valence-corrected chi connectivity index (χ4v) is 2.01. The van der Waals surface area contributed by atoms with Crippen molar-refractivity contribution in [3.8, 4) is 0 Å². The molecule has 1 rings (SSSR count). The van der Waals surface area contributed by atoms with E-state index in [0.717, 1.165) is 18.8 Å². The van der Waals surface area contributed by atoms with Crippen LogP contribution in [0.2, 0.25) is 0 Å². The molecule has 2 atom stereocenters. The second-order valence-electron chi connectivity index (χ2n) is 2.54. The lowest BCUT2D eigenvalue weighted by Crippen LogP contribution is -2.82. The van der Waals surface area contributed by atoms with E-state index in [1.54, 1.807) is 0 Å². The maximum Gasteiger partial charge on any atom is 0.112 e. The second kappa shape index (κ2) is 3.44. The highest BCUT2D eigenvalue weighted by molar-refractivity contribution is 7.98. The van der Waals surface area contributed by atoms with Crippen molar-refractivity contribution in [1.82, 2.24) is 0 Å². The Morgan fingerprint density at radius 3 is 2.89 bits per heavy atom. The predicted molar refractivity (Wildman–Crippen MR) is 39.5 cm³/mol. The van der Waals surface area contributed by atoms with Crippen LogP contribution in [0.15, 0.2) is 0 Å². The molecule has 0 aromatic rings. The molecule has 1 heterocycles. The fraction of sp³-hybridized carbons (Fsp3) is 1.00. The van der Waals surface area contributed by atoms with Crippen LogP contribution in [0.1, 0.15) is 0 Å². The minimum atomic E-state index is -0.0440. The Morgan fingerprint density at radius 2 is 2.44 bits per heavy atom. The van der Waals surface area contributed by atoms with Gasteiger partial charge in [0.15, 0.2) is 0 Å². The van der Waals surface area contributed by atoms with Crippen LogP contribution in [0.5, 0.6) is 0 Å². The van der Waals surface area contributed by atoms with Gasteiger partial charge in [0.2, 0.25) is 0 Å². The number of hydrogen-bond donors (Lipinski definition) is 2. The van der Waals surface area contributed by atoms with E-state index in [-0.39, 0.29) is 6.10 Å². The second-order valence-corrected chi connectivity index (χ2v) is 3.45. The lowest BCUT2D eigenvalue weighted by molar-refractivity contribution is -0.640. The monoisotopic (exact) mass is 148 g/mol. The molecule has 0 aromatic heterocycles. The van der Waals surface area contributed by atoms with E-state index in [4.69, 9.17) is 0 Å². The maximum atomic E-state index is 9.28. The molecule has 54 valence electrons. The summed E-state index contributed by atoms with van der Waals surface area (Å²) in [5.74, 6) is 1.65. The molecule has 3 heteroatoms. The van der Waals surface area contributed by atoms with E-state index in [2.05, 4.69) is 11.6 Å². The van der Waals surface area contributed by atoms with E-state index >= 15 is 0 Å². The number of rotatable bonds is 2. The Kier molecular flexibility index (Phi) is 2.82. The van der Waals surface area contributed by atoms with Crippen LogP contribution in [-0.4, -0.2) is 36.3 Å². The Labute approximate surface area is 60.0 Å². The van der Waals surface area contributed by atoms with Crippen LogP contribution >= 0.6 is 11.8 Å². The zero-order chi connectivity index (χ0) is 6.69. The van der Waals surface area contributed by atoms with Gasteiger partial charge in [-0.25, -0.2) is 0 Å². The van der Waals surface area contributed by atoms with Gasteiger partial charge in [-0.15, -0.1) is 0 Å². The van der Waals surface area contributed by atoms with Gasteiger partial charge in [0.1, 0.15) is 12.6 Å². The van der Waals surface area contributed by atoms with Crippen molar-refractivity contribution in [3.05, 3.63) is 0 Å². The van der Waals surface area contributed by atoms with Gasteiger partial charge >= 0.3 is 0 Å². The van der Waals surface area contributed by atoms with E-state index in [9.17, 15) is 5.11 Å². The molecule has 0 saturated carbocycles. The van der Waals surface area contributed by atoms with E-state index < -0.39 is 0 Å². The molecule has 0 aromatic carbocycles. The molecule has 3 N–H and O–H groups in total. The summed E-state index contributed by atoms with van der Waals surface area (Å²) >= 11 is 1.82. The zero-order valence-electron chi connectivity index (χ0n) is 5.71. The molecule has 0 amide bonds. The third kappa shape index (κ3) is 1.85. The first-order valence-electron chi connectivity index (χ1n) is 3.33. The van der Waals surface area contributed by atoms with Crippen LogP contribution in [-0.2, 0) is 0 Å². The minimum absolute atomic E-state index is 0.0440. The standard InChI is InChI=1S/C6H13NOS/c1-9-4-5-2-7-3-6(5)8/h5-8H,2-4H2,1H3/p+1/t5?,6-/m0/s1. The molecule has 1 saturated heterocycles. The number of hydrogen-bond acceptors (Lipinski definition) is 2. The summed E-state index contributed by atoms with van der Waals surface area (Å²) in [6, 6.07) is 0. The highest BCUT2D eigenvalue weighted by Gasteiger charge is 2.27. The number of aliphatic hydroxyl groups excluding tert-OH is 1. The SMILES string of the molecule is CSCC1C[NH2+]C[C@@H]1O. The quantitative estimate of drug-likeness (QED) is 0.522. The average Bonchev–Trinajstić information content (AvgIpc) is 2.18. The maximum absolute atomic E-state index is 9.28. The Morgan fingerprint density at radius 1 is 1.67 bits per heavy atom. The lowest BCUT2D eigenvalue weighted by Gasteiger charge is -2.06. The van der Waals surface area contributed by atoms with Gasteiger partial charge in [-0.05, 0) is 6.26 Å². The van der Waals surface area contributed by atoms with Gasteiger partial charge in [0, 0.05) is 11.7 Å². The molecule has 1 aliphatic rings. The molecule has 9 heavy (non-hydrogen) atoms. The van der Waals surface area contributed by atoms with Crippen molar-refractivity contribution in [2.45, 2.75) is 6.10 Å². The van der Waals surface area contributed by atoms with E-state index in [0.29, 0.717) is 5.92 Å². The average molecular weight is 148 g/mol. The van der Waals surface area contributed by atoms with Crippen LogP contribution < -0.4 is 5.32 Å². The summed E-state index contributed by atoms with van der Waals surface area (Å²) in [5, 5.41) is 11.5. The molecule has 0 bridgehead atoms. The van der Waals surface area contributed by atoms with Crippen LogP contribution in [0.3, 0.4) is 0 Å². The molecule has 1 fully saturated rings.